The van der Waals surface area contributed by atoms with Crippen molar-refractivity contribution in [2.75, 3.05) is 7.11 Å². The first kappa shape index (κ1) is 25.5. The summed E-state index contributed by atoms with van der Waals surface area (Å²) in [4.78, 5) is 23.2. The largest absolute Gasteiger partial charge is 0.496 e. The van der Waals surface area contributed by atoms with E-state index >= 15 is 0 Å². The molecule has 3 aromatic carbocycles. The van der Waals surface area contributed by atoms with Gasteiger partial charge in [-0.25, -0.2) is 4.79 Å². The van der Waals surface area contributed by atoms with Crippen LogP contribution in [0, 0.1) is 17.8 Å². The zero-order valence-electron chi connectivity index (χ0n) is 22.2. The lowest BCUT2D eigenvalue weighted by Crippen LogP contribution is -2.48. The minimum atomic E-state index is -1.04. The topological polar surface area (TPSA) is 93.1 Å². The molecule has 0 heterocycles. The highest BCUT2D eigenvalue weighted by Gasteiger charge is 2.52. The fourth-order valence-electron chi connectivity index (χ4n) is 8.01. The lowest BCUT2D eigenvalue weighted by Gasteiger charge is -2.57. The Kier molecular flexibility index (Phi) is 6.57. The Labute approximate surface area is 228 Å². The number of carboxylic acid groups (broad SMARTS) is 2. The van der Waals surface area contributed by atoms with Crippen LogP contribution in [0.15, 0.2) is 60.7 Å². The Morgan fingerprint density at radius 2 is 1.56 bits per heavy atom. The molecular weight excluding hydrogens is 492 g/mol. The Morgan fingerprint density at radius 3 is 2.21 bits per heavy atom. The van der Waals surface area contributed by atoms with Crippen LogP contribution in [-0.2, 0) is 23.2 Å². The lowest BCUT2D eigenvalue weighted by atomic mass is 9.48. The third kappa shape index (κ3) is 4.88. The summed E-state index contributed by atoms with van der Waals surface area (Å²) in [7, 11) is 1.74. The number of aromatic carboxylic acids is 1. The molecular formula is C33H34O6. The molecule has 39 heavy (non-hydrogen) atoms. The number of hydrogen-bond donors (Lipinski definition) is 2. The molecule has 6 nitrogen and oxygen atoms in total. The molecule has 0 atom stereocenters. The first-order valence-corrected chi connectivity index (χ1v) is 13.8. The quantitative estimate of drug-likeness (QED) is 0.321. The summed E-state index contributed by atoms with van der Waals surface area (Å²) in [6, 6.07) is 18.3. The minimum absolute atomic E-state index is 0.133. The van der Waals surface area contributed by atoms with Crippen LogP contribution < -0.4 is 9.47 Å². The summed E-state index contributed by atoms with van der Waals surface area (Å²) in [5.41, 5.74) is 4.44. The van der Waals surface area contributed by atoms with E-state index in [0.29, 0.717) is 22.4 Å². The highest BCUT2D eigenvalue weighted by Crippen LogP contribution is 2.61. The maximum absolute atomic E-state index is 11.6. The van der Waals surface area contributed by atoms with Gasteiger partial charge in [-0.3, -0.25) is 4.79 Å². The molecule has 0 amide bonds. The van der Waals surface area contributed by atoms with Gasteiger partial charge < -0.3 is 19.7 Å². The SMILES string of the molecule is COc1cc(COc2cccc(CC(=O)O)c2-c2cccc(C(=O)O)c2)ccc1C12CC3CC(CC(C3)C1)C2. The van der Waals surface area contributed by atoms with Crippen molar-refractivity contribution in [2.45, 2.75) is 57.0 Å². The Balaban J connectivity index is 1.29. The zero-order chi connectivity index (χ0) is 27.1. The number of ether oxygens (including phenoxy) is 2. The first-order chi connectivity index (χ1) is 18.8. The van der Waals surface area contributed by atoms with Gasteiger partial charge in [-0.2, -0.15) is 0 Å². The smallest absolute Gasteiger partial charge is 0.335 e. The number of rotatable bonds is 9. The van der Waals surface area contributed by atoms with Crippen LogP contribution in [0.5, 0.6) is 11.5 Å². The second-order valence-electron chi connectivity index (χ2n) is 11.8. The summed E-state index contributed by atoms with van der Waals surface area (Å²) in [5.74, 6) is 1.97. The van der Waals surface area contributed by atoms with Crippen molar-refractivity contribution in [3.63, 3.8) is 0 Å². The van der Waals surface area contributed by atoms with Crippen LogP contribution in [-0.4, -0.2) is 29.3 Å². The van der Waals surface area contributed by atoms with Gasteiger partial charge in [0.1, 0.15) is 18.1 Å². The molecule has 0 aromatic heterocycles. The Morgan fingerprint density at radius 1 is 0.872 bits per heavy atom. The van der Waals surface area contributed by atoms with E-state index < -0.39 is 11.9 Å². The molecule has 0 unspecified atom stereocenters. The minimum Gasteiger partial charge on any atom is -0.496 e. The van der Waals surface area contributed by atoms with Crippen LogP contribution >= 0.6 is 0 Å². The van der Waals surface area contributed by atoms with Crippen LogP contribution in [0.4, 0.5) is 0 Å². The van der Waals surface area contributed by atoms with Crippen molar-refractivity contribution in [2.24, 2.45) is 17.8 Å². The Hall–Kier alpha value is -3.80. The summed E-state index contributed by atoms with van der Waals surface area (Å²) < 4.78 is 12.2. The van der Waals surface area contributed by atoms with E-state index in [0.717, 1.165) is 29.1 Å². The average molecular weight is 527 g/mol. The van der Waals surface area contributed by atoms with E-state index in [1.807, 2.05) is 0 Å². The molecule has 4 aliphatic rings. The van der Waals surface area contributed by atoms with Crippen LogP contribution in [0.25, 0.3) is 11.1 Å². The van der Waals surface area contributed by atoms with E-state index in [1.165, 1.54) is 50.2 Å². The van der Waals surface area contributed by atoms with Gasteiger partial charge in [-0.15, -0.1) is 0 Å². The van der Waals surface area contributed by atoms with Crippen molar-refractivity contribution in [3.05, 3.63) is 82.9 Å². The third-order valence-electron chi connectivity index (χ3n) is 9.12. The highest BCUT2D eigenvalue weighted by atomic mass is 16.5. The van der Waals surface area contributed by atoms with E-state index in [1.54, 1.807) is 43.5 Å². The molecule has 0 radical (unpaired) electrons. The van der Waals surface area contributed by atoms with Gasteiger partial charge in [0, 0.05) is 11.1 Å². The summed E-state index contributed by atoms with van der Waals surface area (Å²) >= 11 is 0. The van der Waals surface area contributed by atoms with Crippen molar-refractivity contribution in [1.82, 2.24) is 0 Å². The highest BCUT2D eigenvalue weighted by molar-refractivity contribution is 5.90. The monoisotopic (exact) mass is 526 g/mol. The summed E-state index contributed by atoms with van der Waals surface area (Å²) in [6.07, 6.45) is 7.78. The van der Waals surface area contributed by atoms with Gasteiger partial charge in [0.25, 0.3) is 0 Å². The van der Waals surface area contributed by atoms with Crippen molar-refractivity contribution < 1.29 is 29.3 Å². The zero-order valence-corrected chi connectivity index (χ0v) is 22.2. The molecule has 4 saturated carbocycles. The van der Waals surface area contributed by atoms with E-state index in [2.05, 4.69) is 18.2 Å². The maximum atomic E-state index is 11.6. The number of carbonyl (C=O) groups is 2. The summed E-state index contributed by atoms with van der Waals surface area (Å²) in [6.45, 7) is 0.277. The lowest BCUT2D eigenvalue weighted by molar-refractivity contribution is -0.136. The first-order valence-electron chi connectivity index (χ1n) is 13.8. The standard InChI is InChI=1S/C33H34O6/c1-38-29-13-20(8-9-27(29)33-16-21-10-22(17-33)12-23(11-21)18-33)19-39-28-7-3-5-25(15-30(34)35)31(28)24-4-2-6-26(14-24)32(36)37/h2-9,13-14,21-23H,10-12,15-19H2,1H3,(H,34,35)(H,36,37). The summed E-state index contributed by atoms with van der Waals surface area (Å²) in [5, 5.41) is 19.0. The molecule has 3 aromatic rings. The number of benzene rings is 3. The molecule has 0 spiro atoms. The second-order valence-corrected chi connectivity index (χ2v) is 11.8. The van der Waals surface area contributed by atoms with Crippen LogP contribution in [0.3, 0.4) is 0 Å². The van der Waals surface area contributed by atoms with E-state index in [-0.39, 0.29) is 24.0 Å². The Bertz CT molecular complexity index is 1390. The molecule has 2 N–H and O–H groups in total. The second kappa shape index (κ2) is 10.1. The maximum Gasteiger partial charge on any atom is 0.335 e. The van der Waals surface area contributed by atoms with Gasteiger partial charge in [-0.05, 0) is 103 Å². The normalized spacial score (nSPS) is 24.9. The average Bonchev–Trinajstić information content (AvgIpc) is 2.90. The number of hydrogen-bond acceptors (Lipinski definition) is 4. The van der Waals surface area contributed by atoms with Crippen molar-refractivity contribution >= 4 is 11.9 Å². The van der Waals surface area contributed by atoms with Gasteiger partial charge in [0.15, 0.2) is 0 Å². The van der Waals surface area contributed by atoms with Gasteiger partial charge in [0.2, 0.25) is 0 Å². The van der Waals surface area contributed by atoms with Crippen molar-refractivity contribution in [1.29, 1.82) is 0 Å². The van der Waals surface area contributed by atoms with Gasteiger partial charge in [-0.1, -0.05) is 36.4 Å². The number of aliphatic carboxylic acids is 1. The molecule has 7 rings (SSSR count). The molecule has 4 aliphatic carbocycles. The van der Waals surface area contributed by atoms with E-state index in [9.17, 15) is 19.8 Å². The predicted octanol–water partition coefficient (Wildman–Crippen LogP) is 6.73. The molecule has 202 valence electrons. The third-order valence-corrected chi connectivity index (χ3v) is 9.12. The number of carboxylic acids is 2. The fourth-order valence-corrected chi connectivity index (χ4v) is 8.01. The van der Waals surface area contributed by atoms with E-state index in [4.69, 9.17) is 9.47 Å². The van der Waals surface area contributed by atoms with Gasteiger partial charge >= 0.3 is 11.9 Å². The molecule has 0 saturated heterocycles. The number of methoxy groups -OCH3 is 1. The molecule has 0 aliphatic heterocycles. The predicted molar refractivity (Wildman–Crippen MR) is 147 cm³/mol. The molecule has 4 fully saturated rings. The fraction of sp³-hybridized carbons (Fsp3) is 0.394. The van der Waals surface area contributed by atoms with Crippen LogP contribution in [0.2, 0.25) is 0 Å². The van der Waals surface area contributed by atoms with Gasteiger partial charge in [0.05, 0.1) is 19.1 Å². The molecule has 4 bridgehead atoms. The van der Waals surface area contributed by atoms with Crippen molar-refractivity contribution in [3.8, 4) is 22.6 Å². The molecule has 6 heteroatoms. The van der Waals surface area contributed by atoms with Crippen LogP contribution in [0.1, 0.15) is 65.6 Å².